The van der Waals surface area contributed by atoms with Crippen molar-refractivity contribution in [1.29, 1.82) is 0 Å². The van der Waals surface area contributed by atoms with Gasteiger partial charge in [0.05, 0.1) is 0 Å². The number of rotatable bonds is 9. The lowest BCUT2D eigenvalue weighted by Crippen LogP contribution is -1.96. The fraction of sp³-hybridized carbons (Fsp3) is 0.316. The number of aryl methyl sites for hydroxylation is 1. The van der Waals surface area contributed by atoms with E-state index in [0.29, 0.717) is 6.61 Å². The van der Waals surface area contributed by atoms with Crippen molar-refractivity contribution in [2.45, 2.75) is 38.7 Å². The standard InChI is InChI=1S/C19H22O3/c20-19(21)10-6-2-3-7-16-11-13-18(14-12-16)22-15-17-8-4-1-5-9-17/h1,4-5,8-9,11-14H,2-3,6-7,10,15H2,(H,20,21). The van der Waals surface area contributed by atoms with Gasteiger partial charge in [-0.3, -0.25) is 4.79 Å². The molecule has 0 spiro atoms. The van der Waals surface area contributed by atoms with Crippen LogP contribution in [0.2, 0.25) is 0 Å². The van der Waals surface area contributed by atoms with Gasteiger partial charge in [0.15, 0.2) is 0 Å². The molecule has 0 aliphatic carbocycles. The highest BCUT2D eigenvalue weighted by molar-refractivity contribution is 5.66. The molecule has 0 unspecified atom stereocenters. The molecular formula is C19H22O3. The summed E-state index contributed by atoms with van der Waals surface area (Å²) in [5, 5.41) is 8.58. The number of carbonyl (C=O) groups is 1. The van der Waals surface area contributed by atoms with Gasteiger partial charge in [0.1, 0.15) is 12.4 Å². The second kappa shape index (κ2) is 8.88. The molecule has 2 aromatic rings. The average Bonchev–Trinajstić information content (AvgIpc) is 2.54. The van der Waals surface area contributed by atoms with Crippen LogP contribution in [0.3, 0.4) is 0 Å². The summed E-state index contributed by atoms with van der Waals surface area (Å²) in [6.45, 7) is 0.579. The molecule has 1 N–H and O–H groups in total. The molecule has 2 rings (SSSR count). The Bertz CT molecular complexity index is 561. The third-order valence-corrected chi connectivity index (χ3v) is 3.53. The maximum absolute atomic E-state index is 10.4. The SMILES string of the molecule is O=C(O)CCCCCc1ccc(OCc2ccccc2)cc1. The molecule has 0 amide bonds. The van der Waals surface area contributed by atoms with Gasteiger partial charge in [0.25, 0.3) is 0 Å². The van der Waals surface area contributed by atoms with Crippen LogP contribution in [0.1, 0.15) is 36.8 Å². The number of unbranched alkanes of at least 4 members (excludes halogenated alkanes) is 2. The van der Waals surface area contributed by atoms with Crippen molar-refractivity contribution in [1.82, 2.24) is 0 Å². The zero-order chi connectivity index (χ0) is 15.6. The third-order valence-electron chi connectivity index (χ3n) is 3.53. The Hall–Kier alpha value is -2.29. The normalized spacial score (nSPS) is 10.4. The van der Waals surface area contributed by atoms with Crippen molar-refractivity contribution in [3.63, 3.8) is 0 Å². The smallest absolute Gasteiger partial charge is 0.303 e. The van der Waals surface area contributed by atoms with Crippen molar-refractivity contribution < 1.29 is 14.6 Å². The lowest BCUT2D eigenvalue weighted by molar-refractivity contribution is -0.137. The summed E-state index contributed by atoms with van der Waals surface area (Å²) in [7, 11) is 0. The van der Waals surface area contributed by atoms with E-state index in [1.807, 2.05) is 42.5 Å². The molecule has 116 valence electrons. The van der Waals surface area contributed by atoms with Crippen LogP contribution in [0.4, 0.5) is 0 Å². The number of benzene rings is 2. The van der Waals surface area contributed by atoms with Crippen molar-refractivity contribution in [3.8, 4) is 5.75 Å². The highest BCUT2D eigenvalue weighted by Crippen LogP contribution is 2.16. The molecule has 0 atom stereocenters. The van der Waals surface area contributed by atoms with Crippen LogP contribution in [0, 0.1) is 0 Å². The summed E-state index contributed by atoms with van der Waals surface area (Å²) < 4.78 is 5.75. The maximum atomic E-state index is 10.4. The van der Waals surface area contributed by atoms with Crippen LogP contribution in [-0.4, -0.2) is 11.1 Å². The lowest BCUT2D eigenvalue weighted by Gasteiger charge is -2.07. The van der Waals surface area contributed by atoms with Crippen molar-refractivity contribution in [2.75, 3.05) is 0 Å². The first-order valence-corrected chi connectivity index (χ1v) is 7.71. The average molecular weight is 298 g/mol. The Morgan fingerprint density at radius 2 is 1.59 bits per heavy atom. The quantitative estimate of drug-likeness (QED) is 0.696. The summed E-state index contributed by atoms with van der Waals surface area (Å²) in [4.78, 5) is 10.4. The molecule has 0 aromatic heterocycles. The van der Waals surface area contributed by atoms with Crippen LogP contribution in [0.5, 0.6) is 5.75 Å². The fourth-order valence-electron chi connectivity index (χ4n) is 2.28. The van der Waals surface area contributed by atoms with Crippen molar-refractivity contribution in [2.24, 2.45) is 0 Å². The summed E-state index contributed by atoms with van der Waals surface area (Å²) in [5.74, 6) is 0.165. The number of hydrogen-bond donors (Lipinski definition) is 1. The molecular weight excluding hydrogens is 276 g/mol. The highest BCUT2D eigenvalue weighted by atomic mass is 16.5. The van der Waals surface area contributed by atoms with Gasteiger partial charge >= 0.3 is 5.97 Å². The van der Waals surface area contributed by atoms with E-state index in [0.717, 1.165) is 37.0 Å². The van der Waals surface area contributed by atoms with Gasteiger partial charge in [0.2, 0.25) is 0 Å². The van der Waals surface area contributed by atoms with Crippen LogP contribution >= 0.6 is 0 Å². The van der Waals surface area contributed by atoms with Crippen LogP contribution in [0.15, 0.2) is 54.6 Å². The summed E-state index contributed by atoms with van der Waals surface area (Å²) in [6.07, 6.45) is 3.99. The molecule has 0 saturated heterocycles. The second-order valence-corrected chi connectivity index (χ2v) is 5.37. The Morgan fingerprint density at radius 3 is 2.27 bits per heavy atom. The van der Waals surface area contributed by atoms with E-state index in [-0.39, 0.29) is 6.42 Å². The van der Waals surface area contributed by atoms with Gasteiger partial charge in [-0.1, -0.05) is 48.9 Å². The van der Waals surface area contributed by atoms with E-state index in [9.17, 15) is 4.79 Å². The van der Waals surface area contributed by atoms with Crippen molar-refractivity contribution >= 4 is 5.97 Å². The van der Waals surface area contributed by atoms with Gasteiger partial charge in [0, 0.05) is 6.42 Å². The highest BCUT2D eigenvalue weighted by Gasteiger charge is 1.99. The third kappa shape index (κ3) is 6.00. The first kappa shape index (κ1) is 16.1. The molecule has 3 nitrogen and oxygen atoms in total. The number of carboxylic acids is 1. The lowest BCUT2D eigenvalue weighted by atomic mass is 10.1. The first-order chi connectivity index (χ1) is 10.7. The number of carboxylic acid groups (broad SMARTS) is 1. The predicted octanol–water partition coefficient (Wildman–Crippen LogP) is 4.45. The Balaban J connectivity index is 1.70. The Kier molecular flexibility index (Phi) is 6.49. The molecule has 2 aromatic carbocycles. The summed E-state index contributed by atoms with van der Waals surface area (Å²) in [5.41, 5.74) is 2.42. The monoisotopic (exact) mass is 298 g/mol. The summed E-state index contributed by atoms with van der Waals surface area (Å²) >= 11 is 0. The number of ether oxygens (including phenoxy) is 1. The molecule has 0 saturated carbocycles. The topological polar surface area (TPSA) is 46.5 Å². The molecule has 0 aliphatic heterocycles. The summed E-state index contributed by atoms with van der Waals surface area (Å²) in [6, 6.07) is 18.3. The minimum atomic E-state index is -0.708. The number of aliphatic carboxylic acids is 1. The Labute approximate surface area is 131 Å². The van der Waals surface area contributed by atoms with E-state index in [2.05, 4.69) is 12.1 Å². The zero-order valence-corrected chi connectivity index (χ0v) is 12.7. The molecule has 0 fully saturated rings. The van der Waals surface area contributed by atoms with Gasteiger partial charge in [-0.05, 0) is 42.5 Å². The van der Waals surface area contributed by atoms with E-state index in [1.165, 1.54) is 5.56 Å². The van der Waals surface area contributed by atoms with E-state index in [1.54, 1.807) is 0 Å². The van der Waals surface area contributed by atoms with Crippen LogP contribution in [-0.2, 0) is 17.8 Å². The first-order valence-electron chi connectivity index (χ1n) is 7.71. The Morgan fingerprint density at radius 1 is 0.864 bits per heavy atom. The number of hydrogen-bond acceptors (Lipinski definition) is 2. The minimum Gasteiger partial charge on any atom is -0.489 e. The zero-order valence-electron chi connectivity index (χ0n) is 12.7. The molecule has 22 heavy (non-hydrogen) atoms. The fourth-order valence-corrected chi connectivity index (χ4v) is 2.28. The molecule has 3 heteroatoms. The van der Waals surface area contributed by atoms with E-state index >= 15 is 0 Å². The molecule has 0 radical (unpaired) electrons. The van der Waals surface area contributed by atoms with E-state index in [4.69, 9.17) is 9.84 Å². The van der Waals surface area contributed by atoms with E-state index < -0.39 is 5.97 Å². The van der Waals surface area contributed by atoms with Crippen molar-refractivity contribution in [3.05, 3.63) is 65.7 Å². The molecule has 0 aliphatic rings. The van der Waals surface area contributed by atoms with Crippen LogP contribution < -0.4 is 4.74 Å². The molecule has 0 heterocycles. The van der Waals surface area contributed by atoms with Crippen LogP contribution in [0.25, 0.3) is 0 Å². The largest absolute Gasteiger partial charge is 0.489 e. The van der Waals surface area contributed by atoms with Gasteiger partial charge in [-0.15, -0.1) is 0 Å². The molecule has 0 bridgehead atoms. The van der Waals surface area contributed by atoms with Gasteiger partial charge < -0.3 is 9.84 Å². The van der Waals surface area contributed by atoms with Gasteiger partial charge in [-0.25, -0.2) is 0 Å². The second-order valence-electron chi connectivity index (χ2n) is 5.37. The minimum absolute atomic E-state index is 0.270. The predicted molar refractivity (Wildman–Crippen MR) is 87.0 cm³/mol. The maximum Gasteiger partial charge on any atom is 0.303 e. The van der Waals surface area contributed by atoms with Gasteiger partial charge in [-0.2, -0.15) is 0 Å².